The first-order valence-electron chi connectivity index (χ1n) is 4.74. The molecule has 0 aromatic carbocycles. The van der Waals surface area contributed by atoms with E-state index in [2.05, 4.69) is 40.8 Å². The molecule has 0 aliphatic rings. The van der Waals surface area contributed by atoms with E-state index < -0.39 is 0 Å². The van der Waals surface area contributed by atoms with E-state index in [0.717, 1.165) is 12.1 Å². The molecule has 1 rings (SSSR count). The Kier molecular flexibility index (Phi) is 4.27. The molecule has 1 heterocycles. The first-order chi connectivity index (χ1) is 7.22. The number of hydrogen-bond donors (Lipinski definition) is 0. The van der Waals surface area contributed by atoms with Crippen molar-refractivity contribution < 1.29 is 0 Å². The molecular weight excluding hydrogens is 190 g/mol. The largest absolute Gasteiger partial charge is 0.271 e. The minimum Gasteiger partial charge on any atom is -0.271 e. The summed E-state index contributed by atoms with van der Waals surface area (Å²) in [6, 6.07) is 0. The Morgan fingerprint density at radius 3 is 3.13 bits per heavy atom. The molecule has 0 aliphatic heterocycles. The summed E-state index contributed by atoms with van der Waals surface area (Å²) in [5.74, 6) is 6.18. The molecule has 78 valence electrons. The fourth-order valence-corrected chi connectivity index (χ4v) is 1.11. The molecule has 0 spiro atoms. The van der Waals surface area contributed by atoms with Crippen LogP contribution in [0.25, 0.3) is 10.4 Å². The SMILES string of the molecule is CC(C)Cn1cc(C#CCN=[N+]=[N-])cn1. The van der Waals surface area contributed by atoms with Crippen molar-refractivity contribution in [3.63, 3.8) is 0 Å². The number of rotatable bonds is 3. The summed E-state index contributed by atoms with van der Waals surface area (Å²) in [5.41, 5.74) is 8.89. The Morgan fingerprint density at radius 2 is 2.47 bits per heavy atom. The molecule has 1 aromatic heterocycles. The van der Waals surface area contributed by atoms with Gasteiger partial charge in [0.2, 0.25) is 0 Å². The highest BCUT2D eigenvalue weighted by atomic mass is 15.3. The van der Waals surface area contributed by atoms with E-state index in [0.29, 0.717) is 5.92 Å². The maximum absolute atomic E-state index is 8.04. The van der Waals surface area contributed by atoms with Crippen molar-refractivity contribution in [3.05, 3.63) is 28.4 Å². The van der Waals surface area contributed by atoms with E-state index in [1.807, 2.05) is 10.9 Å². The molecule has 0 saturated carbocycles. The summed E-state index contributed by atoms with van der Waals surface area (Å²) in [4.78, 5) is 2.61. The van der Waals surface area contributed by atoms with Gasteiger partial charge in [-0.25, -0.2) is 0 Å². The predicted octanol–water partition coefficient (Wildman–Crippen LogP) is 2.20. The third-order valence-corrected chi connectivity index (χ3v) is 1.63. The van der Waals surface area contributed by atoms with E-state index in [9.17, 15) is 0 Å². The smallest absolute Gasteiger partial charge is 0.0880 e. The fraction of sp³-hybridized carbons (Fsp3) is 0.500. The van der Waals surface area contributed by atoms with Crippen LogP contribution in [-0.2, 0) is 6.54 Å². The van der Waals surface area contributed by atoms with Crippen molar-refractivity contribution >= 4 is 0 Å². The lowest BCUT2D eigenvalue weighted by atomic mass is 10.2. The quantitative estimate of drug-likeness (QED) is 0.321. The Morgan fingerprint density at radius 1 is 1.67 bits per heavy atom. The van der Waals surface area contributed by atoms with Gasteiger partial charge in [-0.3, -0.25) is 4.68 Å². The molecular formula is C10H13N5. The van der Waals surface area contributed by atoms with Crippen LogP contribution in [0.3, 0.4) is 0 Å². The van der Waals surface area contributed by atoms with E-state index in [1.54, 1.807) is 6.20 Å². The van der Waals surface area contributed by atoms with Gasteiger partial charge >= 0.3 is 0 Å². The van der Waals surface area contributed by atoms with Crippen molar-refractivity contribution in [1.82, 2.24) is 9.78 Å². The Labute approximate surface area is 88.7 Å². The predicted molar refractivity (Wildman–Crippen MR) is 58.0 cm³/mol. The lowest BCUT2D eigenvalue weighted by Crippen LogP contribution is -2.03. The van der Waals surface area contributed by atoms with E-state index >= 15 is 0 Å². The summed E-state index contributed by atoms with van der Waals surface area (Å²) >= 11 is 0. The molecule has 1 aromatic rings. The lowest BCUT2D eigenvalue weighted by molar-refractivity contribution is 0.483. The lowest BCUT2D eigenvalue weighted by Gasteiger charge is -2.02. The van der Waals surface area contributed by atoms with Crippen LogP contribution in [0.4, 0.5) is 0 Å². The first kappa shape index (κ1) is 11.2. The van der Waals surface area contributed by atoms with Crippen molar-refractivity contribution in [2.75, 3.05) is 6.54 Å². The summed E-state index contributed by atoms with van der Waals surface area (Å²) in [6.07, 6.45) is 3.61. The highest BCUT2D eigenvalue weighted by Crippen LogP contribution is 2.00. The number of hydrogen-bond acceptors (Lipinski definition) is 2. The van der Waals surface area contributed by atoms with Gasteiger partial charge in [0.1, 0.15) is 0 Å². The summed E-state index contributed by atoms with van der Waals surface area (Å²) in [6.45, 7) is 5.35. The van der Waals surface area contributed by atoms with Gasteiger partial charge in [-0.05, 0) is 11.4 Å². The van der Waals surface area contributed by atoms with Gasteiger partial charge < -0.3 is 0 Å². The summed E-state index contributed by atoms with van der Waals surface area (Å²) in [7, 11) is 0. The van der Waals surface area contributed by atoms with Gasteiger partial charge in [-0.2, -0.15) is 5.10 Å². The zero-order chi connectivity index (χ0) is 11.1. The fourth-order valence-electron chi connectivity index (χ4n) is 1.11. The van der Waals surface area contributed by atoms with Crippen LogP contribution in [0.2, 0.25) is 0 Å². The molecule has 0 saturated heterocycles. The standard InChI is InChI=1S/C10H13N5/c1-9(2)7-15-8-10(6-13-15)4-3-5-12-14-11/h6,8-9H,5,7H2,1-2H3. The zero-order valence-electron chi connectivity index (χ0n) is 8.88. The molecule has 0 bridgehead atoms. The summed E-state index contributed by atoms with van der Waals surface area (Å²) in [5, 5.41) is 7.49. The van der Waals surface area contributed by atoms with Crippen molar-refractivity contribution in [2.24, 2.45) is 11.0 Å². The minimum absolute atomic E-state index is 0.200. The van der Waals surface area contributed by atoms with E-state index in [4.69, 9.17) is 5.53 Å². The van der Waals surface area contributed by atoms with Crippen LogP contribution in [0.15, 0.2) is 17.5 Å². The monoisotopic (exact) mass is 203 g/mol. The zero-order valence-corrected chi connectivity index (χ0v) is 8.88. The molecule has 15 heavy (non-hydrogen) atoms. The van der Waals surface area contributed by atoms with Crippen LogP contribution in [0.1, 0.15) is 19.4 Å². The van der Waals surface area contributed by atoms with Crippen LogP contribution < -0.4 is 0 Å². The summed E-state index contributed by atoms with van der Waals surface area (Å²) < 4.78 is 1.86. The normalized spacial score (nSPS) is 9.27. The molecule has 0 unspecified atom stereocenters. The maximum Gasteiger partial charge on any atom is 0.0880 e. The third-order valence-electron chi connectivity index (χ3n) is 1.63. The molecule has 0 fully saturated rings. The number of nitrogens with zero attached hydrogens (tertiary/aromatic N) is 5. The molecule has 0 aliphatic carbocycles. The highest BCUT2D eigenvalue weighted by Gasteiger charge is 1.97. The molecule has 0 atom stereocenters. The third kappa shape index (κ3) is 4.21. The highest BCUT2D eigenvalue weighted by molar-refractivity contribution is 5.29. The van der Waals surface area contributed by atoms with Crippen LogP contribution in [0, 0.1) is 17.8 Å². The molecule has 0 N–H and O–H groups in total. The molecule has 0 amide bonds. The molecule has 5 heteroatoms. The van der Waals surface area contributed by atoms with Gasteiger partial charge in [0.15, 0.2) is 0 Å². The van der Waals surface area contributed by atoms with E-state index in [1.165, 1.54) is 0 Å². The molecule has 0 radical (unpaired) electrons. The van der Waals surface area contributed by atoms with Gasteiger partial charge in [0.05, 0.1) is 18.3 Å². The van der Waals surface area contributed by atoms with E-state index in [-0.39, 0.29) is 6.54 Å². The number of aromatic nitrogens is 2. The topological polar surface area (TPSA) is 66.6 Å². The Hall–Kier alpha value is -1.92. The van der Waals surface area contributed by atoms with Gasteiger partial charge in [0, 0.05) is 17.7 Å². The second-order valence-electron chi connectivity index (χ2n) is 3.54. The second-order valence-corrected chi connectivity index (χ2v) is 3.54. The molecule has 5 nitrogen and oxygen atoms in total. The second kappa shape index (κ2) is 5.74. The average Bonchev–Trinajstić information content (AvgIpc) is 2.59. The van der Waals surface area contributed by atoms with Crippen LogP contribution in [0.5, 0.6) is 0 Å². The van der Waals surface area contributed by atoms with Gasteiger partial charge in [-0.15, -0.1) is 0 Å². The number of azide groups is 1. The van der Waals surface area contributed by atoms with Crippen molar-refractivity contribution in [2.45, 2.75) is 20.4 Å². The Balaban J connectivity index is 2.58. The van der Waals surface area contributed by atoms with Gasteiger partial charge in [-0.1, -0.05) is 30.8 Å². The minimum atomic E-state index is 0.200. The van der Waals surface area contributed by atoms with Crippen molar-refractivity contribution in [1.29, 1.82) is 0 Å². The van der Waals surface area contributed by atoms with Crippen molar-refractivity contribution in [3.8, 4) is 11.8 Å². The maximum atomic E-state index is 8.04. The van der Waals surface area contributed by atoms with Crippen LogP contribution in [-0.4, -0.2) is 16.3 Å². The van der Waals surface area contributed by atoms with Crippen LogP contribution >= 0.6 is 0 Å². The first-order valence-corrected chi connectivity index (χ1v) is 4.74. The van der Waals surface area contributed by atoms with Gasteiger partial charge in [0.25, 0.3) is 0 Å². The average molecular weight is 203 g/mol. The Bertz CT molecular complexity index is 415.